The average Bonchev–Trinajstić information content (AvgIpc) is 3.25. The number of likely N-dealkylation sites (N-methyl/N-ethyl adjacent to an activating group) is 1. The van der Waals surface area contributed by atoms with Gasteiger partial charge in [0.05, 0.1) is 12.7 Å². The highest BCUT2D eigenvalue weighted by Gasteiger charge is 2.39. The summed E-state index contributed by atoms with van der Waals surface area (Å²) in [5, 5.41) is 14.2. The molecule has 1 aromatic heterocycles. The van der Waals surface area contributed by atoms with E-state index in [1.165, 1.54) is 0 Å². The van der Waals surface area contributed by atoms with Crippen LogP contribution < -0.4 is 0 Å². The SMILES string of the molecule is CN(C)CCN1CCOC2CCN(C(=O)CCc3ccc[nH]3)CCC21.O=C(O)C(F)(F)F.O=C(O)C(F)(F)F. The maximum Gasteiger partial charge on any atom is 0.490 e. The Morgan fingerprint density at radius 1 is 1.03 bits per heavy atom. The Hall–Kier alpha value is -2.85. The molecule has 39 heavy (non-hydrogen) atoms. The van der Waals surface area contributed by atoms with Crippen molar-refractivity contribution in [3.05, 3.63) is 24.0 Å². The summed E-state index contributed by atoms with van der Waals surface area (Å²) in [6.45, 7) is 5.66. The number of nitrogens with one attached hydrogen (secondary N) is 1. The van der Waals surface area contributed by atoms with Crippen LogP contribution in [0.25, 0.3) is 0 Å². The molecule has 0 radical (unpaired) electrons. The molecule has 3 heterocycles. The number of halogens is 6. The van der Waals surface area contributed by atoms with E-state index in [9.17, 15) is 31.1 Å². The molecule has 224 valence electrons. The van der Waals surface area contributed by atoms with Crippen molar-refractivity contribution in [3.63, 3.8) is 0 Å². The van der Waals surface area contributed by atoms with E-state index in [4.69, 9.17) is 24.5 Å². The van der Waals surface area contributed by atoms with Crippen LogP contribution in [0.2, 0.25) is 0 Å². The van der Waals surface area contributed by atoms with Crippen molar-refractivity contribution in [1.82, 2.24) is 19.7 Å². The highest BCUT2D eigenvalue weighted by Crippen LogP contribution is 2.24. The Kier molecular flexibility index (Phi) is 13.7. The standard InChI is InChI=1S/C19H32N4O2.2C2HF3O2/c1-21(2)12-13-22-14-15-25-18-8-11-23(10-7-17(18)22)19(24)6-5-16-4-3-9-20-16;2*3-2(4,5)1(6)7/h3-4,9,17-18,20H,5-8,10-15H2,1-2H3;2*(H,6,7). The fourth-order valence-electron chi connectivity index (χ4n) is 3.94. The Morgan fingerprint density at radius 2 is 1.59 bits per heavy atom. The summed E-state index contributed by atoms with van der Waals surface area (Å²) in [4.78, 5) is 40.4. The molecule has 2 aliphatic rings. The lowest BCUT2D eigenvalue weighted by atomic mass is 10.0. The van der Waals surface area contributed by atoms with Gasteiger partial charge in [0.15, 0.2) is 0 Å². The molecule has 2 fully saturated rings. The van der Waals surface area contributed by atoms with Crippen LogP contribution in [0.4, 0.5) is 26.3 Å². The number of H-pyrrole nitrogens is 1. The molecule has 0 aromatic carbocycles. The molecular weight excluding hydrogens is 542 g/mol. The largest absolute Gasteiger partial charge is 0.490 e. The topological polar surface area (TPSA) is 126 Å². The van der Waals surface area contributed by atoms with Crippen LogP contribution >= 0.6 is 0 Å². The number of fused-ring (bicyclic) bond motifs is 1. The lowest BCUT2D eigenvalue weighted by Gasteiger charge is -2.40. The second kappa shape index (κ2) is 15.7. The number of aromatic amines is 1. The van der Waals surface area contributed by atoms with Crippen LogP contribution in [0.15, 0.2) is 18.3 Å². The van der Waals surface area contributed by atoms with E-state index < -0.39 is 24.3 Å². The molecule has 0 bridgehead atoms. The average molecular weight is 577 g/mol. The molecule has 2 atom stereocenters. The van der Waals surface area contributed by atoms with E-state index in [0.29, 0.717) is 12.5 Å². The Labute approximate surface area is 221 Å². The maximum atomic E-state index is 12.6. The van der Waals surface area contributed by atoms with Gasteiger partial charge in [0.2, 0.25) is 5.91 Å². The number of rotatable bonds is 6. The molecule has 0 aliphatic carbocycles. The van der Waals surface area contributed by atoms with E-state index in [2.05, 4.69) is 33.8 Å². The van der Waals surface area contributed by atoms with Gasteiger partial charge in [-0.25, -0.2) is 9.59 Å². The minimum Gasteiger partial charge on any atom is -0.475 e. The summed E-state index contributed by atoms with van der Waals surface area (Å²) in [6.07, 6.45) is -4.63. The van der Waals surface area contributed by atoms with Gasteiger partial charge in [0, 0.05) is 57.1 Å². The number of aromatic nitrogens is 1. The first-order chi connectivity index (χ1) is 18.0. The van der Waals surface area contributed by atoms with Crippen LogP contribution in [-0.4, -0.2) is 126 Å². The van der Waals surface area contributed by atoms with Crippen molar-refractivity contribution >= 4 is 17.8 Å². The van der Waals surface area contributed by atoms with Gasteiger partial charge in [0.1, 0.15) is 0 Å². The zero-order chi connectivity index (χ0) is 29.8. The van der Waals surface area contributed by atoms with Crippen molar-refractivity contribution < 1.29 is 55.7 Å². The first kappa shape index (κ1) is 34.2. The van der Waals surface area contributed by atoms with Crippen molar-refractivity contribution in [1.29, 1.82) is 0 Å². The minimum absolute atomic E-state index is 0.271. The first-order valence-corrected chi connectivity index (χ1v) is 12.0. The van der Waals surface area contributed by atoms with E-state index in [-0.39, 0.29) is 12.0 Å². The maximum absolute atomic E-state index is 12.6. The van der Waals surface area contributed by atoms with Crippen molar-refractivity contribution in [3.8, 4) is 0 Å². The second-order valence-electron chi connectivity index (χ2n) is 9.08. The quantitative estimate of drug-likeness (QED) is 0.441. The minimum atomic E-state index is -5.08. The number of alkyl halides is 6. The number of carboxylic acid groups (broad SMARTS) is 2. The smallest absolute Gasteiger partial charge is 0.475 e. The van der Waals surface area contributed by atoms with Gasteiger partial charge in [-0.05, 0) is 45.5 Å². The number of ether oxygens (including phenoxy) is 1. The fraction of sp³-hybridized carbons (Fsp3) is 0.696. The molecule has 0 spiro atoms. The van der Waals surface area contributed by atoms with Gasteiger partial charge < -0.3 is 29.7 Å². The number of nitrogens with zero attached hydrogens (tertiary/aromatic N) is 3. The molecule has 3 rings (SSSR count). The predicted molar refractivity (Wildman–Crippen MR) is 126 cm³/mol. The van der Waals surface area contributed by atoms with E-state index >= 15 is 0 Å². The number of morpholine rings is 1. The molecule has 1 aromatic rings. The van der Waals surface area contributed by atoms with Crippen LogP contribution in [-0.2, 0) is 25.5 Å². The van der Waals surface area contributed by atoms with Gasteiger partial charge in [-0.1, -0.05) is 0 Å². The highest BCUT2D eigenvalue weighted by molar-refractivity contribution is 5.76. The Balaban J connectivity index is 0.000000449. The molecule has 3 N–H and O–H groups in total. The predicted octanol–water partition coefficient (Wildman–Crippen LogP) is 2.47. The van der Waals surface area contributed by atoms with E-state index in [0.717, 1.165) is 64.3 Å². The summed E-state index contributed by atoms with van der Waals surface area (Å²) >= 11 is 0. The van der Waals surface area contributed by atoms with E-state index in [1.807, 2.05) is 18.3 Å². The molecule has 2 saturated heterocycles. The summed E-state index contributed by atoms with van der Waals surface area (Å²) in [7, 11) is 4.24. The molecule has 2 unspecified atom stereocenters. The number of hydrogen-bond acceptors (Lipinski definition) is 6. The van der Waals surface area contributed by atoms with Crippen LogP contribution in [0.3, 0.4) is 0 Å². The summed E-state index contributed by atoms with van der Waals surface area (Å²) in [5.41, 5.74) is 1.13. The number of likely N-dealkylation sites (tertiary alicyclic amines) is 1. The van der Waals surface area contributed by atoms with Crippen LogP contribution in [0.1, 0.15) is 25.0 Å². The van der Waals surface area contributed by atoms with Crippen molar-refractivity contribution in [2.24, 2.45) is 0 Å². The fourth-order valence-corrected chi connectivity index (χ4v) is 3.94. The Morgan fingerprint density at radius 3 is 2.08 bits per heavy atom. The third-order valence-electron chi connectivity index (χ3n) is 5.93. The van der Waals surface area contributed by atoms with Gasteiger partial charge in [0.25, 0.3) is 0 Å². The molecule has 0 saturated carbocycles. The number of hydrogen-bond donors (Lipinski definition) is 3. The van der Waals surface area contributed by atoms with Crippen LogP contribution in [0.5, 0.6) is 0 Å². The number of carboxylic acids is 2. The first-order valence-electron chi connectivity index (χ1n) is 12.0. The third-order valence-corrected chi connectivity index (χ3v) is 5.93. The van der Waals surface area contributed by atoms with Crippen molar-refractivity contribution in [2.45, 2.75) is 50.2 Å². The number of aliphatic carboxylic acids is 2. The molecular formula is C23H34F6N4O6. The number of aryl methyl sites for hydroxylation is 1. The summed E-state index contributed by atoms with van der Waals surface area (Å²) in [6, 6.07) is 4.48. The molecule has 16 heteroatoms. The van der Waals surface area contributed by atoms with E-state index in [1.54, 1.807) is 0 Å². The second-order valence-corrected chi connectivity index (χ2v) is 9.08. The number of carbonyl (C=O) groups is 3. The van der Waals surface area contributed by atoms with Gasteiger partial charge in [-0.15, -0.1) is 0 Å². The molecule has 1 amide bonds. The summed E-state index contributed by atoms with van der Waals surface area (Å²) < 4.78 is 69.5. The zero-order valence-corrected chi connectivity index (χ0v) is 21.6. The molecule has 10 nitrogen and oxygen atoms in total. The Bertz CT molecular complexity index is 871. The molecule has 2 aliphatic heterocycles. The number of carbonyl (C=O) groups excluding carboxylic acids is 1. The normalized spacial score (nSPS) is 20.1. The van der Waals surface area contributed by atoms with Gasteiger partial charge in [-0.3, -0.25) is 9.69 Å². The van der Waals surface area contributed by atoms with Crippen molar-refractivity contribution in [2.75, 3.05) is 53.4 Å². The zero-order valence-electron chi connectivity index (χ0n) is 21.6. The third kappa shape index (κ3) is 13.2. The lowest BCUT2D eigenvalue weighted by molar-refractivity contribution is -0.193. The lowest BCUT2D eigenvalue weighted by Crippen LogP contribution is -2.52. The highest BCUT2D eigenvalue weighted by atomic mass is 19.4. The number of amides is 1. The van der Waals surface area contributed by atoms with Gasteiger partial charge in [-0.2, -0.15) is 26.3 Å². The summed E-state index contributed by atoms with van der Waals surface area (Å²) in [5.74, 6) is -5.24. The van der Waals surface area contributed by atoms with Crippen LogP contribution in [0, 0.1) is 0 Å². The monoisotopic (exact) mass is 576 g/mol. The van der Waals surface area contributed by atoms with Gasteiger partial charge >= 0.3 is 24.3 Å².